The van der Waals surface area contributed by atoms with Crippen LogP contribution in [0.2, 0.25) is 0 Å². The SMILES string of the molecule is COCN1C(=O)N(COC)C(COC)(COC)C1(COC)COC. The molecule has 1 heterocycles. The number of urea groups is 1. The Hall–Kier alpha value is -0.970. The van der Waals surface area contributed by atoms with Gasteiger partial charge in [-0.05, 0) is 0 Å². The second-order valence-electron chi connectivity index (χ2n) is 5.77. The summed E-state index contributed by atoms with van der Waals surface area (Å²) in [6, 6.07) is -0.248. The zero-order valence-corrected chi connectivity index (χ0v) is 15.5. The van der Waals surface area contributed by atoms with Gasteiger partial charge < -0.3 is 28.4 Å². The van der Waals surface area contributed by atoms with Crippen molar-refractivity contribution in [3.63, 3.8) is 0 Å². The number of nitrogens with zero attached hydrogens (tertiary/aromatic N) is 2. The van der Waals surface area contributed by atoms with Crippen LogP contribution in [0.1, 0.15) is 0 Å². The maximum absolute atomic E-state index is 13.1. The Morgan fingerprint density at radius 3 is 1.12 bits per heavy atom. The van der Waals surface area contributed by atoms with Crippen LogP contribution in [0.15, 0.2) is 0 Å². The van der Waals surface area contributed by atoms with Gasteiger partial charge in [-0.1, -0.05) is 0 Å². The largest absolute Gasteiger partial charge is 0.382 e. The van der Waals surface area contributed by atoms with Gasteiger partial charge in [0.15, 0.2) is 0 Å². The van der Waals surface area contributed by atoms with Crippen LogP contribution in [-0.4, -0.2) is 109 Å². The molecular formula is C15H30N2O7. The monoisotopic (exact) mass is 350 g/mol. The molecule has 0 aromatic heterocycles. The lowest BCUT2D eigenvalue weighted by Crippen LogP contribution is -2.70. The molecule has 0 bridgehead atoms. The molecule has 1 aliphatic heterocycles. The molecule has 1 aliphatic rings. The molecule has 0 aromatic carbocycles. The number of carbonyl (C=O) groups excluding carboxylic acids is 1. The second-order valence-corrected chi connectivity index (χ2v) is 5.77. The summed E-state index contributed by atoms with van der Waals surface area (Å²) in [5.74, 6) is 0. The number of methoxy groups -OCH3 is 6. The first kappa shape index (κ1) is 21.1. The van der Waals surface area contributed by atoms with E-state index in [0.717, 1.165) is 0 Å². The van der Waals surface area contributed by atoms with E-state index in [2.05, 4.69) is 0 Å². The van der Waals surface area contributed by atoms with Gasteiger partial charge in [0.2, 0.25) is 0 Å². The predicted octanol–water partition coefficient (Wildman–Crippen LogP) is -0.00500. The van der Waals surface area contributed by atoms with Crippen molar-refractivity contribution in [2.24, 2.45) is 0 Å². The predicted molar refractivity (Wildman–Crippen MR) is 85.8 cm³/mol. The Morgan fingerprint density at radius 1 is 0.625 bits per heavy atom. The normalized spacial score (nSPS) is 19.3. The number of ether oxygens (including phenoxy) is 6. The van der Waals surface area contributed by atoms with Crippen molar-refractivity contribution in [3.8, 4) is 0 Å². The minimum Gasteiger partial charge on any atom is -0.382 e. The van der Waals surface area contributed by atoms with E-state index in [-0.39, 0.29) is 45.9 Å². The van der Waals surface area contributed by atoms with Crippen LogP contribution in [0, 0.1) is 0 Å². The van der Waals surface area contributed by atoms with Crippen molar-refractivity contribution in [3.05, 3.63) is 0 Å². The Kier molecular flexibility index (Phi) is 8.34. The van der Waals surface area contributed by atoms with Crippen LogP contribution in [0.5, 0.6) is 0 Å². The highest BCUT2D eigenvalue weighted by Gasteiger charge is 2.67. The van der Waals surface area contributed by atoms with Crippen LogP contribution in [0.4, 0.5) is 4.79 Å². The molecule has 142 valence electrons. The van der Waals surface area contributed by atoms with Gasteiger partial charge in [-0.3, -0.25) is 9.80 Å². The molecule has 0 unspecified atom stereocenters. The molecule has 1 rings (SSSR count). The van der Waals surface area contributed by atoms with Crippen molar-refractivity contribution in [1.29, 1.82) is 0 Å². The fourth-order valence-corrected chi connectivity index (χ4v) is 3.52. The van der Waals surface area contributed by atoms with Gasteiger partial charge in [-0.2, -0.15) is 0 Å². The Balaban J connectivity index is 3.56. The number of hydrogen-bond acceptors (Lipinski definition) is 7. The smallest absolute Gasteiger partial charge is 0.325 e. The summed E-state index contributed by atoms with van der Waals surface area (Å²) < 4.78 is 32.4. The second kappa shape index (κ2) is 9.50. The number of carbonyl (C=O) groups is 1. The lowest BCUT2D eigenvalue weighted by molar-refractivity contribution is -0.132. The first-order valence-electron chi connectivity index (χ1n) is 7.58. The highest BCUT2D eigenvalue weighted by Crippen LogP contribution is 2.43. The molecule has 24 heavy (non-hydrogen) atoms. The minimum absolute atomic E-state index is 0.0843. The molecule has 0 aromatic rings. The number of rotatable bonds is 12. The minimum atomic E-state index is -0.867. The first-order valence-corrected chi connectivity index (χ1v) is 7.58. The molecule has 2 amide bonds. The van der Waals surface area contributed by atoms with Gasteiger partial charge in [-0.25, -0.2) is 4.79 Å². The summed E-state index contributed by atoms with van der Waals surface area (Å²) in [7, 11) is 9.38. The quantitative estimate of drug-likeness (QED) is 0.490. The van der Waals surface area contributed by atoms with Gasteiger partial charge in [0.25, 0.3) is 0 Å². The van der Waals surface area contributed by atoms with Gasteiger partial charge in [0, 0.05) is 42.7 Å². The fourth-order valence-electron chi connectivity index (χ4n) is 3.52. The average Bonchev–Trinajstić information content (AvgIpc) is 2.71. The highest BCUT2D eigenvalue weighted by atomic mass is 16.5. The summed E-state index contributed by atoms with van der Waals surface area (Å²) in [5.41, 5.74) is -1.73. The van der Waals surface area contributed by atoms with Gasteiger partial charge in [0.1, 0.15) is 24.5 Å². The summed E-state index contributed by atoms with van der Waals surface area (Å²) in [6.45, 7) is 1.07. The summed E-state index contributed by atoms with van der Waals surface area (Å²) in [5, 5.41) is 0. The molecular weight excluding hydrogens is 320 g/mol. The van der Waals surface area contributed by atoms with E-state index in [1.807, 2.05) is 0 Å². The number of amides is 2. The summed E-state index contributed by atoms with van der Waals surface area (Å²) in [4.78, 5) is 16.3. The third-order valence-electron chi connectivity index (χ3n) is 4.41. The molecule has 0 atom stereocenters. The summed E-state index contributed by atoms with van der Waals surface area (Å²) in [6.07, 6.45) is 0. The van der Waals surface area contributed by atoms with Crippen molar-refractivity contribution in [1.82, 2.24) is 9.80 Å². The zero-order chi connectivity index (χ0) is 18.2. The lowest BCUT2D eigenvalue weighted by Gasteiger charge is -2.48. The molecule has 1 fully saturated rings. The van der Waals surface area contributed by atoms with Gasteiger partial charge in [-0.15, -0.1) is 0 Å². The highest BCUT2D eigenvalue weighted by molar-refractivity contribution is 5.80. The van der Waals surface area contributed by atoms with Crippen LogP contribution in [0.3, 0.4) is 0 Å². The standard InChI is InChI=1S/C15H30N2O7/c1-19-7-14(8-20-2)15(9-21-3,10-22-4)17(12-24-6)13(18)16(14)11-23-5/h7-12H2,1-6H3. The van der Waals surface area contributed by atoms with E-state index in [4.69, 9.17) is 28.4 Å². The zero-order valence-electron chi connectivity index (χ0n) is 15.5. The van der Waals surface area contributed by atoms with E-state index < -0.39 is 11.1 Å². The molecule has 0 saturated carbocycles. The van der Waals surface area contributed by atoms with E-state index in [1.54, 1.807) is 38.2 Å². The van der Waals surface area contributed by atoms with Crippen LogP contribution in [-0.2, 0) is 28.4 Å². The van der Waals surface area contributed by atoms with Gasteiger partial charge in [0.05, 0.1) is 26.4 Å². The lowest BCUT2D eigenvalue weighted by atomic mass is 9.78. The maximum Gasteiger partial charge on any atom is 0.325 e. The maximum atomic E-state index is 13.1. The van der Waals surface area contributed by atoms with Crippen LogP contribution in [0.25, 0.3) is 0 Å². The number of hydrogen-bond donors (Lipinski definition) is 0. The Bertz CT molecular complexity index is 348. The third-order valence-corrected chi connectivity index (χ3v) is 4.41. The Labute approximate surface area is 143 Å². The molecule has 0 spiro atoms. The molecule has 1 saturated heterocycles. The molecule has 0 N–H and O–H groups in total. The summed E-state index contributed by atoms with van der Waals surface area (Å²) >= 11 is 0. The molecule has 9 heteroatoms. The molecule has 9 nitrogen and oxygen atoms in total. The Morgan fingerprint density at radius 2 is 0.917 bits per heavy atom. The van der Waals surface area contributed by atoms with Crippen molar-refractivity contribution < 1.29 is 33.2 Å². The van der Waals surface area contributed by atoms with E-state index >= 15 is 0 Å². The van der Waals surface area contributed by atoms with Crippen molar-refractivity contribution in [2.75, 3.05) is 82.5 Å². The fraction of sp³-hybridized carbons (Fsp3) is 0.933. The third kappa shape index (κ3) is 3.37. The molecule has 0 aliphatic carbocycles. The average molecular weight is 350 g/mol. The van der Waals surface area contributed by atoms with Crippen LogP contribution >= 0.6 is 0 Å². The topological polar surface area (TPSA) is 78.9 Å². The van der Waals surface area contributed by atoms with E-state index in [1.165, 1.54) is 14.2 Å². The van der Waals surface area contributed by atoms with Crippen LogP contribution < -0.4 is 0 Å². The first-order chi connectivity index (χ1) is 11.5. The van der Waals surface area contributed by atoms with Gasteiger partial charge >= 0.3 is 6.03 Å². The van der Waals surface area contributed by atoms with E-state index in [9.17, 15) is 4.79 Å². The van der Waals surface area contributed by atoms with Crippen molar-refractivity contribution in [2.45, 2.75) is 11.1 Å². The van der Waals surface area contributed by atoms with E-state index in [0.29, 0.717) is 0 Å². The van der Waals surface area contributed by atoms with Crippen molar-refractivity contribution >= 4 is 6.03 Å². The molecule has 0 radical (unpaired) electrons.